The van der Waals surface area contributed by atoms with Crippen molar-refractivity contribution < 1.29 is 9.90 Å². The average Bonchev–Trinajstić information content (AvgIpc) is 2.60. The number of aromatic nitrogens is 2. The smallest absolute Gasteiger partial charge is 0.269 e. The summed E-state index contributed by atoms with van der Waals surface area (Å²) in [6.45, 7) is 0. The van der Waals surface area contributed by atoms with Gasteiger partial charge >= 0.3 is 0 Å². The molecule has 0 radical (unpaired) electrons. The third-order valence-electron chi connectivity index (χ3n) is 4.34. The van der Waals surface area contributed by atoms with Crippen LogP contribution in [0, 0.1) is 11.8 Å². The Morgan fingerprint density at radius 1 is 1.36 bits per heavy atom. The lowest BCUT2D eigenvalue weighted by atomic mass is 9.76. The van der Waals surface area contributed by atoms with Crippen molar-refractivity contribution in [3.05, 3.63) is 58.6 Å². The number of benzene rings is 1. The van der Waals surface area contributed by atoms with E-state index in [-0.39, 0.29) is 11.6 Å². The van der Waals surface area contributed by atoms with E-state index in [9.17, 15) is 9.90 Å². The first-order valence-electron chi connectivity index (χ1n) is 8.09. The van der Waals surface area contributed by atoms with Gasteiger partial charge in [-0.05, 0) is 43.9 Å². The van der Waals surface area contributed by atoms with Gasteiger partial charge < -0.3 is 10.8 Å². The van der Waals surface area contributed by atoms with Gasteiger partial charge in [-0.3, -0.25) is 9.78 Å². The molecule has 0 bridgehead atoms. The molecule has 1 fully saturated rings. The van der Waals surface area contributed by atoms with Crippen LogP contribution < -0.4 is 5.73 Å². The zero-order valence-corrected chi connectivity index (χ0v) is 14.3. The van der Waals surface area contributed by atoms with Crippen LogP contribution in [0.15, 0.2) is 36.7 Å². The van der Waals surface area contributed by atoms with Crippen molar-refractivity contribution in [1.29, 1.82) is 0 Å². The van der Waals surface area contributed by atoms with Crippen LogP contribution in [-0.2, 0) is 0 Å². The Kier molecular flexibility index (Phi) is 5.03. The summed E-state index contributed by atoms with van der Waals surface area (Å²) >= 11 is 5.96. The highest BCUT2D eigenvalue weighted by atomic mass is 35.5. The van der Waals surface area contributed by atoms with E-state index < -0.39 is 11.5 Å². The van der Waals surface area contributed by atoms with Crippen LogP contribution in [-0.4, -0.2) is 26.6 Å². The molecular formula is C19H18ClN3O2. The normalized spacial score (nSPS) is 22.7. The Hall–Kier alpha value is -2.42. The van der Waals surface area contributed by atoms with Crippen molar-refractivity contribution in [2.75, 3.05) is 0 Å². The molecule has 3 rings (SSSR count). The molecule has 1 heterocycles. The van der Waals surface area contributed by atoms with Gasteiger partial charge in [0.05, 0.1) is 5.69 Å². The van der Waals surface area contributed by atoms with Gasteiger partial charge in [0.25, 0.3) is 5.91 Å². The van der Waals surface area contributed by atoms with Crippen molar-refractivity contribution in [2.45, 2.75) is 37.2 Å². The molecule has 25 heavy (non-hydrogen) atoms. The van der Waals surface area contributed by atoms with E-state index in [0.717, 1.165) is 18.4 Å². The minimum absolute atomic E-state index is 0.108. The third kappa shape index (κ3) is 4.16. The Morgan fingerprint density at radius 3 is 2.92 bits per heavy atom. The van der Waals surface area contributed by atoms with Gasteiger partial charge in [0.1, 0.15) is 11.3 Å². The molecule has 128 valence electrons. The molecule has 1 aromatic heterocycles. The molecule has 2 atom stereocenters. The Labute approximate surface area is 151 Å². The quantitative estimate of drug-likeness (QED) is 0.810. The fraction of sp³-hybridized carbons (Fsp3) is 0.316. The molecule has 3 N–H and O–H groups in total. The van der Waals surface area contributed by atoms with Crippen LogP contribution in [0.25, 0.3) is 0 Å². The molecule has 1 saturated carbocycles. The van der Waals surface area contributed by atoms with Gasteiger partial charge in [-0.25, -0.2) is 4.98 Å². The monoisotopic (exact) mass is 355 g/mol. The number of amides is 1. The predicted molar refractivity (Wildman–Crippen MR) is 95.0 cm³/mol. The van der Waals surface area contributed by atoms with Crippen molar-refractivity contribution in [1.82, 2.24) is 9.97 Å². The maximum absolute atomic E-state index is 11.6. The molecule has 0 aliphatic heterocycles. The van der Waals surface area contributed by atoms with Crippen LogP contribution in [0.4, 0.5) is 0 Å². The van der Waals surface area contributed by atoms with Gasteiger partial charge in [-0.15, -0.1) is 0 Å². The summed E-state index contributed by atoms with van der Waals surface area (Å²) in [5, 5.41) is 11.5. The molecule has 1 amide bonds. The first-order valence-corrected chi connectivity index (χ1v) is 8.46. The molecule has 5 nitrogen and oxygen atoms in total. The molecule has 6 heteroatoms. The van der Waals surface area contributed by atoms with Crippen molar-refractivity contribution in [2.24, 2.45) is 5.73 Å². The van der Waals surface area contributed by atoms with Gasteiger partial charge in [0, 0.05) is 28.9 Å². The van der Waals surface area contributed by atoms with Crippen LogP contribution in [0.2, 0.25) is 5.02 Å². The zero-order chi connectivity index (χ0) is 17.9. The minimum atomic E-state index is -1.14. The van der Waals surface area contributed by atoms with Crippen molar-refractivity contribution in [3.63, 3.8) is 0 Å². The second-order valence-electron chi connectivity index (χ2n) is 6.24. The summed E-state index contributed by atoms with van der Waals surface area (Å²) < 4.78 is 0. The maximum Gasteiger partial charge on any atom is 0.269 e. The number of nitrogens with zero attached hydrogens (tertiary/aromatic N) is 2. The highest BCUT2D eigenvalue weighted by Gasteiger charge is 2.35. The SMILES string of the molecule is NC(=O)c1nccnc1[C@H]1CCC[C@@](O)(C#Cc2cccc(Cl)c2)C1. The molecule has 1 aliphatic carbocycles. The Morgan fingerprint density at radius 2 is 2.16 bits per heavy atom. The Bertz CT molecular complexity index is 859. The highest BCUT2D eigenvalue weighted by Crippen LogP contribution is 2.38. The summed E-state index contributed by atoms with van der Waals surface area (Å²) in [5.74, 6) is 5.25. The molecule has 0 spiro atoms. The van der Waals surface area contributed by atoms with E-state index in [4.69, 9.17) is 17.3 Å². The van der Waals surface area contributed by atoms with Gasteiger partial charge in [0.15, 0.2) is 0 Å². The van der Waals surface area contributed by atoms with Crippen LogP contribution in [0.3, 0.4) is 0 Å². The number of hydrogen-bond donors (Lipinski definition) is 2. The molecule has 0 unspecified atom stereocenters. The molecule has 2 aromatic rings. The number of rotatable bonds is 2. The number of halogens is 1. The van der Waals surface area contributed by atoms with Gasteiger partial charge in [0.2, 0.25) is 0 Å². The van der Waals surface area contributed by atoms with E-state index in [1.807, 2.05) is 12.1 Å². The number of carbonyl (C=O) groups is 1. The fourth-order valence-electron chi connectivity index (χ4n) is 3.19. The van der Waals surface area contributed by atoms with Crippen molar-refractivity contribution in [3.8, 4) is 11.8 Å². The third-order valence-corrected chi connectivity index (χ3v) is 4.57. The highest BCUT2D eigenvalue weighted by molar-refractivity contribution is 6.30. The Balaban J connectivity index is 1.85. The average molecular weight is 356 g/mol. The lowest BCUT2D eigenvalue weighted by Gasteiger charge is -2.33. The summed E-state index contributed by atoms with van der Waals surface area (Å²) in [7, 11) is 0. The summed E-state index contributed by atoms with van der Waals surface area (Å²) in [6.07, 6.45) is 5.52. The lowest BCUT2D eigenvalue weighted by Crippen LogP contribution is -2.34. The fourth-order valence-corrected chi connectivity index (χ4v) is 3.38. The number of primary amides is 1. The molecule has 1 aromatic carbocycles. The number of carbonyl (C=O) groups excluding carboxylic acids is 1. The first kappa shape index (κ1) is 17.4. The summed E-state index contributed by atoms with van der Waals surface area (Å²) in [5.41, 5.74) is 5.71. The van der Waals surface area contributed by atoms with E-state index >= 15 is 0 Å². The van der Waals surface area contributed by atoms with Gasteiger partial charge in [-0.1, -0.05) is 29.5 Å². The minimum Gasteiger partial charge on any atom is -0.378 e. The first-order chi connectivity index (χ1) is 12.0. The van der Waals surface area contributed by atoms with E-state index in [2.05, 4.69) is 21.8 Å². The molecule has 0 saturated heterocycles. The van der Waals surface area contributed by atoms with E-state index in [1.54, 1.807) is 12.1 Å². The van der Waals surface area contributed by atoms with E-state index in [0.29, 0.717) is 23.6 Å². The second-order valence-corrected chi connectivity index (χ2v) is 6.68. The lowest BCUT2D eigenvalue weighted by molar-refractivity contribution is 0.0510. The molecular weight excluding hydrogens is 338 g/mol. The van der Waals surface area contributed by atoms with E-state index in [1.165, 1.54) is 12.4 Å². The number of nitrogens with two attached hydrogens (primary N) is 1. The van der Waals surface area contributed by atoms with Crippen LogP contribution >= 0.6 is 11.6 Å². The number of hydrogen-bond acceptors (Lipinski definition) is 4. The predicted octanol–water partition coefficient (Wildman–Crippen LogP) is 2.67. The summed E-state index contributed by atoms with van der Waals surface area (Å²) in [4.78, 5) is 19.9. The topological polar surface area (TPSA) is 89.1 Å². The summed E-state index contributed by atoms with van der Waals surface area (Å²) in [6, 6.07) is 7.19. The largest absolute Gasteiger partial charge is 0.378 e. The second kappa shape index (κ2) is 7.22. The standard InChI is InChI=1S/C19H18ClN3O2/c20-15-5-1-3-13(11-15)6-8-19(25)7-2-4-14(12-19)16-17(18(21)24)23-10-9-22-16/h1,3,5,9-11,14,25H,2,4,7,12H2,(H2,21,24)/t14-,19+/m0/s1. The zero-order valence-electron chi connectivity index (χ0n) is 13.6. The molecule has 1 aliphatic rings. The van der Waals surface area contributed by atoms with Crippen LogP contribution in [0.5, 0.6) is 0 Å². The van der Waals surface area contributed by atoms with Crippen LogP contribution in [0.1, 0.15) is 53.3 Å². The van der Waals surface area contributed by atoms with Gasteiger partial charge in [-0.2, -0.15) is 0 Å². The van der Waals surface area contributed by atoms with Crippen molar-refractivity contribution >= 4 is 17.5 Å². The maximum atomic E-state index is 11.6. The number of aliphatic hydroxyl groups is 1.